The van der Waals surface area contributed by atoms with Gasteiger partial charge in [-0.25, -0.2) is 9.97 Å². The number of aromatic hydroxyl groups is 1. The number of hydrogen-bond donors (Lipinski definition) is 2. The summed E-state index contributed by atoms with van der Waals surface area (Å²) in [7, 11) is 0. The lowest BCUT2D eigenvalue weighted by molar-refractivity contribution is 0.0331. The van der Waals surface area contributed by atoms with E-state index < -0.39 is 0 Å². The van der Waals surface area contributed by atoms with E-state index in [1.165, 1.54) is 16.0 Å². The van der Waals surface area contributed by atoms with Crippen LogP contribution < -0.4 is 5.32 Å². The maximum atomic E-state index is 9.50. The Labute approximate surface area is 189 Å². The Morgan fingerprint density at radius 1 is 1.06 bits per heavy atom. The topological polar surface area (TPSA) is 70.5 Å². The summed E-state index contributed by atoms with van der Waals surface area (Å²) in [6.45, 7) is 4.85. The molecule has 6 nitrogen and oxygen atoms in total. The SMILES string of the molecule is Oc1ccc(CCNc2nc(CN3CCOCC3)nc3scc(-c4cccs4)c23)cc1. The molecule has 0 amide bonds. The summed E-state index contributed by atoms with van der Waals surface area (Å²) in [5.41, 5.74) is 2.37. The van der Waals surface area contributed by atoms with Crippen molar-refractivity contribution in [2.24, 2.45) is 0 Å². The van der Waals surface area contributed by atoms with Gasteiger partial charge in [0.25, 0.3) is 0 Å². The minimum absolute atomic E-state index is 0.292. The zero-order valence-electron chi connectivity index (χ0n) is 17.1. The summed E-state index contributed by atoms with van der Waals surface area (Å²) in [6.07, 6.45) is 0.850. The zero-order chi connectivity index (χ0) is 21.0. The fourth-order valence-corrected chi connectivity index (χ4v) is 5.53. The van der Waals surface area contributed by atoms with Crippen molar-refractivity contribution >= 4 is 38.7 Å². The molecule has 0 atom stereocenters. The molecule has 0 saturated carbocycles. The van der Waals surface area contributed by atoms with Crippen molar-refractivity contribution in [2.45, 2.75) is 13.0 Å². The van der Waals surface area contributed by atoms with Crippen LogP contribution in [0.1, 0.15) is 11.4 Å². The summed E-state index contributed by atoms with van der Waals surface area (Å²) >= 11 is 3.41. The van der Waals surface area contributed by atoms with E-state index in [1.807, 2.05) is 12.1 Å². The molecule has 1 aromatic carbocycles. The summed E-state index contributed by atoms with van der Waals surface area (Å²) in [4.78, 5) is 14.4. The van der Waals surface area contributed by atoms with E-state index in [0.29, 0.717) is 5.75 Å². The van der Waals surface area contributed by atoms with Crippen LogP contribution in [-0.2, 0) is 17.7 Å². The number of fused-ring (bicyclic) bond motifs is 1. The molecule has 1 saturated heterocycles. The van der Waals surface area contributed by atoms with Crippen LogP contribution in [0.15, 0.2) is 47.2 Å². The maximum Gasteiger partial charge on any atom is 0.146 e. The van der Waals surface area contributed by atoms with Gasteiger partial charge in [-0.15, -0.1) is 22.7 Å². The van der Waals surface area contributed by atoms with Crippen molar-refractivity contribution in [3.8, 4) is 16.2 Å². The molecule has 0 aliphatic carbocycles. The van der Waals surface area contributed by atoms with Crippen LogP contribution in [-0.4, -0.2) is 52.8 Å². The van der Waals surface area contributed by atoms with Crippen molar-refractivity contribution in [3.63, 3.8) is 0 Å². The maximum absolute atomic E-state index is 9.50. The average molecular weight is 453 g/mol. The zero-order valence-corrected chi connectivity index (χ0v) is 18.7. The second kappa shape index (κ2) is 9.32. The van der Waals surface area contributed by atoms with Crippen molar-refractivity contribution in [1.29, 1.82) is 0 Å². The number of rotatable bonds is 7. The molecule has 0 radical (unpaired) electrons. The first-order valence-electron chi connectivity index (χ1n) is 10.4. The number of aromatic nitrogens is 2. The molecule has 1 aliphatic rings. The fraction of sp³-hybridized carbons (Fsp3) is 0.304. The van der Waals surface area contributed by atoms with Crippen molar-refractivity contribution in [1.82, 2.24) is 14.9 Å². The molecule has 0 bridgehead atoms. The van der Waals surface area contributed by atoms with Gasteiger partial charge in [0, 0.05) is 35.5 Å². The van der Waals surface area contributed by atoms with Gasteiger partial charge in [-0.1, -0.05) is 18.2 Å². The Morgan fingerprint density at radius 2 is 1.90 bits per heavy atom. The second-order valence-electron chi connectivity index (χ2n) is 7.53. The molecule has 1 aliphatic heterocycles. The predicted molar refractivity (Wildman–Crippen MR) is 127 cm³/mol. The van der Waals surface area contributed by atoms with Crippen molar-refractivity contribution < 1.29 is 9.84 Å². The van der Waals surface area contributed by atoms with Gasteiger partial charge in [-0.05, 0) is 35.6 Å². The van der Waals surface area contributed by atoms with Crippen LogP contribution in [0.3, 0.4) is 0 Å². The largest absolute Gasteiger partial charge is 0.508 e. The smallest absolute Gasteiger partial charge is 0.146 e. The number of anilines is 1. The number of thiophene rings is 2. The van der Waals surface area contributed by atoms with Crippen molar-refractivity contribution in [2.75, 3.05) is 38.2 Å². The minimum Gasteiger partial charge on any atom is -0.508 e. The number of phenolic OH excluding ortho intramolecular Hbond substituents is 1. The minimum atomic E-state index is 0.292. The Hall–Kier alpha value is -2.52. The lowest BCUT2D eigenvalue weighted by atomic mass is 10.1. The standard InChI is InChI=1S/C23H24N4O2S2/c28-17-5-3-16(4-6-17)7-8-24-22-21-18(19-2-1-13-30-19)15-31-23(21)26-20(25-22)14-27-9-11-29-12-10-27/h1-6,13,15,28H,7-12,14H2,(H,24,25,26). The van der Waals surface area contributed by atoms with Crippen LogP contribution in [0.4, 0.5) is 5.82 Å². The van der Waals surface area contributed by atoms with Gasteiger partial charge in [0.15, 0.2) is 0 Å². The number of phenols is 1. The van der Waals surface area contributed by atoms with E-state index >= 15 is 0 Å². The van der Waals surface area contributed by atoms with Gasteiger partial charge in [-0.3, -0.25) is 4.90 Å². The number of nitrogens with zero attached hydrogens (tertiary/aromatic N) is 3. The molecule has 4 aromatic rings. The van der Waals surface area contributed by atoms with Crippen LogP contribution in [0, 0.1) is 0 Å². The van der Waals surface area contributed by atoms with E-state index in [0.717, 1.165) is 67.7 Å². The average Bonchev–Trinajstić information content (AvgIpc) is 3.46. The molecule has 0 unspecified atom stereocenters. The second-order valence-corrected chi connectivity index (χ2v) is 9.33. The van der Waals surface area contributed by atoms with E-state index in [4.69, 9.17) is 14.7 Å². The number of nitrogens with one attached hydrogen (secondary N) is 1. The molecule has 31 heavy (non-hydrogen) atoms. The number of ether oxygens (including phenoxy) is 1. The molecule has 4 heterocycles. The lowest BCUT2D eigenvalue weighted by Crippen LogP contribution is -2.36. The van der Waals surface area contributed by atoms with Gasteiger partial charge < -0.3 is 15.2 Å². The Balaban J connectivity index is 1.43. The third-order valence-corrected chi connectivity index (χ3v) is 7.15. The Bertz CT molecular complexity index is 1140. The first-order chi connectivity index (χ1) is 15.3. The molecule has 8 heteroatoms. The van der Waals surface area contributed by atoms with Crippen LogP contribution in [0.2, 0.25) is 0 Å². The molecular formula is C23H24N4O2S2. The third-order valence-electron chi connectivity index (χ3n) is 5.38. The van der Waals surface area contributed by atoms with E-state index in [2.05, 4.69) is 33.1 Å². The summed E-state index contributed by atoms with van der Waals surface area (Å²) in [5, 5.41) is 18.5. The molecule has 3 aromatic heterocycles. The number of hydrogen-bond acceptors (Lipinski definition) is 8. The summed E-state index contributed by atoms with van der Waals surface area (Å²) in [5.74, 6) is 2.04. The van der Waals surface area contributed by atoms with E-state index in [-0.39, 0.29) is 0 Å². The monoisotopic (exact) mass is 452 g/mol. The van der Waals surface area contributed by atoms with E-state index in [1.54, 1.807) is 34.8 Å². The summed E-state index contributed by atoms with van der Waals surface area (Å²) in [6, 6.07) is 11.6. The predicted octanol–water partition coefficient (Wildman–Crippen LogP) is 4.61. The molecule has 2 N–H and O–H groups in total. The van der Waals surface area contributed by atoms with Gasteiger partial charge in [0.1, 0.15) is 22.2 Å². The normalized spacial score (nSPS) is 14.8. The Morgan fingerprint density at radius 3 is 2.68 bits per heavy atom. The van der Waals surface area contributed by atoms with E-state index in [9.17, 15) is 5.11 Å². The van der Waals surface area contributed by atoms with Gasteiger partial charge in [-0.2, -0.15) is 0 Å². The van der Waals surface area contributed by atoms with Crippen LogP contribution >= 0.6 is 22.7 Å². The van der Waals surface area contributed by atoms with Gasteiger partial charge in [0.2, 0.25) is 0 Å². The number of benzene rings is 1. The van der Waals surface area contributed by atoms with Crippen molar-refractivity contribution in [3.05, 3.63) is 58.5 Å². The molecular weight excluding hydrogens is 428 g/mol. The number of morpholine rings is 1. The first-order valence-corrected chi connectivity index (χ1v) is 12.2. The Kier molecular flexibility index (Phi) is 6.13. The highest BCUT2D eigenvalue weighted by atomic mass is 32.1. The highest BCUT2D eigenvalue weighted by molar-refractivity contribution is 7.18. The molecule has 5 rings (SSSR count). The molecule has 1 fully saturated rings. The lowest BCUT2D eigenvalue weighted by Gasteiger charge is -2.25. The first kappa shape index (κ1) is 20.4. The highest BCUT2D eigenvalue weighted by Gasteiger charge is 2.18. The van der Waals surface area contributed by atoms with Crippen LogP contribution in [0.25, 0.3) is 20.7 Å². The quantitative estimate of drug-likeness (QED) is 0.427. The van der Waals surface area contributed by atoms with Gasteiger partial charge in [0.05, 0.1) is 25.1 Å². The van der Waals surface area contributed by atoms with Gasteiger partial charge >= 0.3 is 0 Å². The highest BCUT2D eigenvalue weighted by Crippen LogP contribution is 2.39. The molecule has 160 valence electrons. The third kappa shape index (κ3) is 4.72. The summed E-state index contributed by atoms with van der Waals surface area (Å²) < 4.78 is 5.47. The fourth-order valence-electron chi connectivity index (χ4n) is 3.74. The van der Waals surface area contributed by atoms with Crippen LogP contribution in [0.5, 0.6) is 5.75 Å². The molecule has 0 spiro atoms.